The van der Waals surface area contributed by atoms with Crippen molar-refractivity contribution in [1.29, 1.82) is 0 Å². The summed E-state index contributed by atoms with van der Waals surface area (Å²) in [4.78, 5) is 5.71. The van der Waals surface area contributed by atoms with Gasteiger partial charge >= 0.3 is 0 Å². The van der Waals surface area contributed by atoms with E-state index in [0.29, 0.717) is 6.61 Å². The molecule has 0 amide bonds. The maximum Gasteiger partial charge on any atom is 0.163 e. The van der Waals surface area contributed by atoms with Gasteiger partial charge in [0.15, 0.2) is 5.79 Å². The zero-order valence-electron chi connectivity index (χ0n) is 9.84. The molecule has 2 aliphatic heterocycles. The lowest BCUT2D eigenvalue weighted by molar-refractivity contribution is -0.195. The van der Waals surface area contributed by atoms with Gasteiger partial charge in [-0.25, -0.2) is 5.48 Å². The Morgan fingerprint density at radius 1 is 1.20 bits per heavy atom. The van der Waals surface area contributed by atoms with Crippen molar-refractivity contribution in [3.05, 3.63) is 0 Å². The lowest BCUT2D eigenvalue weighted by Gasteiger charge is -2.32. The Kier molecular flexibility index (Phi) is 3.03. The van der Waals surface area contributed by atoms with E-state index in [2.05, 4.69) is 12.4 Å². The Morgan fingerprint density at radius 3 is 2.67 bits per heavy atom. The summed E-state index contributed by atoms with van der Waals surface area (Å²) in [5, 5.41) is 0. The molecular weight excluding hydrogens is 194 g/mol. The summed E-state index contributed by atoms with van der Waals surface area (Å²) in [7, 11) is 0. The summed E-state index contributed by atoms with van der Waals surface area (Å²) in [5.41, 5.74) is 2.75. The Balaban J connectivity index is 2.01. The van der Waals surface area contributed by atoms with E-state index < -0.39 is 5.79 Å². The van der Waals surface area contributed by atoms with Gasteiger partial charge in [0.2, 0.25) is 0 Å². The van der Waals surface area contributed by atoms with E-state index in [9.17, 15) is 0 Å². The van der Waals surface area contributed by atoms with Crippen LogP contribution in [0.15, 0.2) is 0 Å². The van der Waals surface area contributed by atoms with Crippen LogP contribution in [-0.2, 0) is 14.3 Å². The molecule has 2 aliphatic rings. The quantitative estimate of drug-likeness (QED) is 0.721. The van der Waals surface area contributed by atoms with Crippen LogP contribution in [0.2, 0.25) is 0 Å². The molecule has 2 rings (SSSR count). The highest BCUT2D eigenvalue weighted by Gasteiger charge is 2.45. The average Bonchev–Trinajstić information content (AvgIpc) is 2.40. The molecule has 0 aliphatic carbocycles. The van der Waals surface area contributed by atoms with Crippen LogP contribution in [-0.4, -0.2) is 30.6 Å². The van der Waals surface area contributed by atoms with Gasteiger partial charge in [-0.1, -0.05) is 0 Å². The molecule has 4 heteroatoms. The van der Waals surface area contributed by atoms with Crippen LogP contribution < -0.4 is 5.48 Å². The first-order valence-corrected chi connectivity index (χ1v) is 5.74. The largest absolute Gasteiger partial charge is 0.348 e. The fourth-order valence-corrected chi connectivity index (χ4v) is 2.15. The number of hydrogen-bond acceptors (Lipinski definition) is 4. The summed E-state index contributed by atoms with van der Waals surface area (Å²) in [6.07, 6.45) is 3.37. The minimum Gasteiger partial charge on any atom is -0.348 e. The smallest absolute Gasteiger partial charge is 0.163 e. The van der Waals surface area contributed by atoms with Crippen LogP contribution in [0.25, 0.3) is 0 Å². The highest BCUT2D eigenvalue weighted by atomic mass is 16.8. The predicted molar refractivity (Wildman–Crippen MR) is 56.2 cm³/mol. The number of hydroxylamine groups is 1. The molecule has 15 heavy (non-hydrogen) atoms. The Bertz CT molecular complexity index is 222. The van der Waals surface area contributed by atoms with Crippen molar-refractivity contribution < 1.29 is 14.3 Å². The topological polar surface area (TPSA) is 39.7 Å². The standard InChI is InChI=1S/C11H21NO3/c1-10(2)13-8-9(14-10)11(3)6-4-5-7-12-15-11/h9,12H,4-8H2,1-3H3/t9-,11+/m1/s1. The second-order valence-corrected chi connectivity index (χ2v) is 5.08. The molecular formula is C11H21NO3. The number of nitrogens with one attached hydrogen (secondary N) is 1. The zero-order chi connectivity index (χ0) is 10.9. The maximum absolute atomic E-state index is 5.86. The summed E-state index contributed by atoms with van der Waals surface area (Å²) in [6, 6.07) is 0. The van der Waals surface area contributed by atoms with Gasteiger partial charge in [0.05, 0.1) is 6.61 Å². The SMILES string of the molecule is CC1(C)OC[C@H]([C@]2(C)CCCCNO2)O1. The van der Waals surface area contributed by atoms with Crippen molar-refractivity contribution in [2.75, 3.05) is 13.2 Å². The minimum atomic E-state index is -0.469. The molecule has 0 unspecified atom stereocenters. The van der Waals surface area contributed by atoms with Crippen LogP contribution in [0, 0.1) is 0 Å². The zero-order valence-corrected chi connectivity index (χ0v) is 9.84. The molecule has 0 aromatic rings. The number of ether oxygens (including phenoxy) is 2. The molecule has 0 spiro atoms. The monoisotopic (exact) mass is 215 g/mol. The predicted octanol–water partition coefficient (Wildman–Crippen LogP) is 1.60. The molecule has 2 atom stereocenters. The normalized spacial score (nSPS) is 41.4. The molecule has 2 heterocycles. The average molecular weight is 215 g/mol. The highest BCUT2D eigenvalue weighted by Crippen LogP contribution is 2.34. The molecule has 88 valence electrons. The molecule has 0 aromatic heterocycles. The van der Waals surface area contributed by atoms with Gasteiger partial charge in [-0.3, -0.25) is 4.84 Å². The number of hydrogen-bond donors (Lipinski definition) is 1. The molecule has 2 saturated heterocycles. The van der Waals surface area contributed by atoms with Gasteiger partial charge in [-0.2, -0.15) is 0 Å². The van der Waals surface area contributed by atoms with Gasteiger partial charge < -0.3 is 9.47 Å². The van der Waals surface area contributed by atoms with Gasteiger partial charge in [0.25, 0.3) is 0 Å². The van der Waals surface area contributed by atoms with Crippen LogP contribution >= 0.6 is 0 Å². The third-order valence-electron chi connectivity index (χ3n) is 3.20. The minimum absolute atomic E-state index is 0.0260. The first-order chi connectivity index (χ1) is 7.02. The van der Waals surface area contributed by atoms with Crippen LogP contribution in [0.3, 0.4) is 0 Å². The van der Waals surface area contributed by atoms with E-state index >= 15 is 0 Å². The fourth-order valence-electron chi connectivity index (χ4n) is 2.15. The van der Waals surface area contributed by atoms with Crippen molar-refractivity contribution in [3.63, 3.8) is 0 Å². The Morgan fingerprint density at radius 2 is 2.00 bits per heavy atom. The van der Waals surface area contributed by atoms with Crippen LogP contribution in [0.4, 0.5) is 0 Å². The molecule has 4 nitrogen and oxygen atoms in total. The number of rotatable bonds is 1. The molecule has 0 saturated carbocycles. The molecule has 2 fully saturated rings. The molecule has 0 bridgehead atoms. The summed E-state index contributed by atoms with van der Waals surface area (Å²) >= 11 is 0. The molecule has 0 radical (unpaired) electrons. The molecule has 0 aromatic carbocycles. The first-order valence-electron chi connectivity index (χ1n) is 5.74. The van der Waals surface area contributed by atoms with Crippen molar-refractivity contribution in [1.82, 2.24) is 5.48 Å². The highest BCUT2D eigenvalue weighted by molar-refractivity contribution is 4.90. The van der Waals surface area contributed by atoms with E-state index in [1.165, 1.54) is 6.42 Å². The van der Waals surface area contributed by atoms with Gasteiger partial charge in [-0.05, 0) is 40.0 Å². The van der Waals surface area contributed by atoms with Gasteiger partial charge in [0, 0.05) is 6.54 Å². The second kappa shape index (κ2) is 4.01. The van der Waals surface area contributed by atoms with Crippen molar-refractivity contribution >= 4 is 0 Å². The van der Waals surface area contributed by atoms with Crippen molar-refractivity contribution in [3.8, 4) is 0 Å². The lowest BCUT2D eigenvalue weighted by atomic mass is 9.93. The summed E-state index contributed by atoms with van der Waals surface area (Å²) < 4.78 is 11.4. The summed E-state index contributed by atoms with van der Waals surface area (Å²) in [5.74, 6) is -0.469. The van der Waals surface area contributed by atoms with E-state index in [4.69, 9.17) is 14.3 Å². The Hall–Kier alpha value is -0.160. The van der Waals surface area contributed by atoms with E-state index in [1.807, 2.05) is 13.8 Å². The maximum atomic E-state index is 5.86. The summed E-state index contributed by atoms with van der Waals surface area (Å²) in [6.45, 7) is 7.53. The van der Waals surface area contributed by atoms with E-state index in [0.717, 1.165) is 19.4 Å². The third-order valence-corrected chi connectivity index (χ3v) is 3.20. The fraction of sp³-hybridized carbons (Fsp3) is 1.00. The van der Waals surface area contributed by atoms with Gasteiger partial charge in [0.1, 0.15) is 11.7 Å². The van der Waals surface area contributed by atoms with Crippen LogP contribution in [0.5, 0.6) is 0 Å². The van der Waals surface area contributed by atoms with Gasteiger partial charge in [-0.15, -0.1) is 0 Å². The van der Waals surface area contributed by atoms with Crippen molar-refractivity contribution in [2.45, 2.75) is 57.5 Å². The Labute approximate surface area is 91.2 Å². The lowest BCUT2D eigenvalue weighted by Crippen LogP contribution is -2.46. The van der Waals surface area contributed by atoms with Crippen LogP contribution in [0.1, 0.15) is 40.0 Å². The third kappa shape index (κ3) is 2.50. The first kappa shape index (κ1) is 11.3. The van der Waals surface area contributed by atoms with E-state index in [-0.39, 0.29) is 11.7 Å². The van der Waals surface area contributed by atoms with E-state index in [1.54, 1.807) is 0 Å². The molecule has 1 N–H and O–H groups in total. The van der Waals surface area contributed by atoms with Crippen molar-refractivity contribution in [2.24, 2.45) is 0 Å². The second-order valence-electron chi connectivity index (χ2n) is 5.08.